The van der Waals surface area contributed by atoms with Crippen molar-refractivity contribution in [3.05, 3.63) is 30.1 Å². The molecule has 0 spiro atoms. The van der Waals surface area contributed by atoms with E-state index in [9.17, 15) is 4.79 Å². The summed E-state index contributed by atoms with van der Waals surface area (Å²) in [6.07, 6.45) is 1.68. The van der Waals surface area contributed by atoms with Gasteiger partial charge in [-0.15, -0.1) is 10.2 Å². The summed E-state index contributed by atoms with van der Waals surface area (Å²) in [6.45, 7) is 1.80. The molecule has 0 aromatic carbocycles. The highest BCUT2D eigenvalue weighted by molar-refractivity contribution is 7.99. The average molecular weight is 306 g/mol. The number of primary amides is 1. The van der Waals surface area contributed by atoms with Crippen LogP contribution >= 0.6 is 11.8 Å². The Kier molecular flexibility index (Phi) is 4.72. The van der Waals surface area contributed by atoms with Gasteiger partial charge >= 0.3 is 0 Å². The zero-order valence-corrected chi connectivity index (χ0v) is 12.0. The first-order valence-corrected chi connectivity index (χ1v) is 6.90. The number of carbonyl (C=O) groups is 1. The number of nitrogens with one attached hydrogen (secondary N) is 1. The van der Waals surface area contributed by atoms with Gasteiger partial charge in [0, 0.05) is 6.20 Å². The Balaban J connectivity index is 2.05. The highest BCUT2D eigenvalue weighted by Crippen LogP contribution is 2.15. The lowest BCUT2D eigenvalue weighted by molar-refractivity contribution is -0.115. The van der Waals surface area contributed by atoms with Gasteiger partial charge in [-0.05, 0) is 19.1 Å². The standard InChI is InChI=1S/C11H14N8OS/c1-7(8-4-2-3-5-14-8)15-16-10-17-18-11(19(10)13)21-6-9(12)20/h2-5H,6,13H2,1H3,(H2,12,20)(H,16,17)/b15-7+. The summed E-state index contributed by atoms with van der Waals surface area (Å²) < 4.78 is 1.20. The summed E-state index contributed by atoms with van der Waals surface area (Å²) in [7, 11) is 0. The van der Waals surface area contributed by atoms with Gasteiger partial charge < -0.3 is 11.6 Å². The molecular weight excluding hydrogens is 292 g/mol. The van der Waals surface area contributed by atoms with Crippen LogP contribution in [0, 0.1) is 0 Å². The number of hydrazone groups is 1. The van der Waals surface area contributed by atoms with Crippen molar-refractivity contribution < 1.29 is 4.79 Å². The van der Waals surface area contributed by atoms with Crippen molar-refractivity contribution in [2.75, 3.05) is 17.0 Å². The van der Waals surface area contributed by atoms with Crippen molar-refractivity contribution in [1.29, 1.82) is 0 Å². The molecule has 0 fully saturated rings. The number of rotatable bonds is 6. The smallest absolute Gasteiger partial charge is 0.264 e. The SMILES string of the molecule is C/C(=N\Nc1nnc(SCC(N)=O)n1N)c1ccccn1. The number of hydrogen-bond acceptors (Lipinski definition) is 8. The van der Waals surface area contributed by atoms with Crippen LogP contribution in [0.3, 0.4) is 0 Å². The molecule has 0 saturated heterocycles. The molecule has 1 amide bonds. The van der Waals surface area contributed by atoms with Gasteiger partial charge in [-0.25, -0.2) is 10.1 Å². The van der Waals surface area contributed by atoms with E-state index in [-0.39, 0.29) is 11.7 Å². The number of carbonyl (C=O) groups excluding carboxylic acids is 1. The van der Waals surface area contributed by atoms with Crippen LogP contribution in [-0.4, -0.2) is 37.2 Å². The number of amides is 1. The van der Waals surface area contributed by atoms with Crippen molar-refractivity contribution in [2.45, 2.75) is 12.1 Å². The van der Waals surface area contributed by atoms with Crippen molar-refractivity contribution in [3.8, 4) is 0 Å². The first kappa shape index (κ1) is 14.8. The molecule has 2 rings (SSSR count). The number of nitrogens with zero attached hydrogens (tertiary/aromatic N) is 5. The van der Waals surface area contributed by atoms with Crippen LogP contribution in [0.2, 0.25) is 0 Å². The Hall–Kier alpha value is -2.62. The average Bonchev–Trinajstić information content (AvgIpc) is 2.84. The van der Waals surface area contributed by atoms with Gasteiger partial charge in [0.25, 0.3) is 5.95 Å². The van der Waals surface area contributed by atoms with Crippen LogP contribution in [0.4, 0.5) is 5.95 Å². The van der Waals surface area contributed by atoms with Crippen molar-refractivity contribution in [1.82, 2.24) is 19.9 Å². The second-order valence-electron chi connectivity index (χ2n) is 3.96. The number of nitrogen functional groups attached to an aromatic ring is 1. The maximum absolute atomic E-state index is 10.7. The fraction of sp³-hybridized carbons (Fsp3) is 0.182. The van der Waals surface area contributed by atoms with Gasteiger partial charge in [0.1, 0.15) is 0 Å². The molecule has 9 nitrogen and oxygen atoms in total. The van der Waals surface area contributed by atoms with E-state index in [1.54, 1.807) is 13.1 Å². The van der Waals surface area contributed by atoms with Gasteiger partial charge in [-0.2, -0.15) is 5.10 Å². The van der Waals surface area contributed by atoms with Crippen LogP contribution in [-0.2, 0) is 4.79 Å². The molecule has 10 heteroatoms. The van der Waals surface area contributed by atoms with Gasteiger partial charge in [0.05, 0.1) is 17.2 Å². The summed E-state index contributed by atoms with van der Waals surface area (Å²) in [4.78, 5) is 14.9. The van der Waals surface area contributed by atoms with E-state index < -0.39 is 5.91 Å². The number of pyridine rings is 1. The second-order valence-corrected chi connectivity index (χ2v) is 4.90. The van der Waals surface area contributed by atoms with Crippen molar-refractivity contribution in [3.63, 3.8) is 0 Å². The zero-order chi connectivity index (χ0) is 15.2. The fourth-order valence-corrected chi connectivity index (χ4v) is 1.95. The quantitative estimate of drug-likeness (QED) is 0.291. The topological polar surface area (TPSA) is 137 Å². The maximum atomic E-state index is 10.7. The summed E-state index contributed by atoms with van der Waals surface area (Å²) in [5.41, 5.74) is 9.16. The predicted molar refractivity (Wildman–Crippen MR) is 80.2 cm³/mol. The van der Waals surface area contributed by atoms with E-state index in [1.165, 1.54) is 4.68 Å². The molecule has 0 bridgehead atoms. The number of nitrogens with two attached hydrogens (primary N) is 2. The third-order valence-corrected chi connectivity index (χ3v) is 3.33. The predicted octanol–water partition coefficient (Wildman–Crippen LogP) is -0.200. The summed E-state index contributed by atoms with van der Waals surface area (Å²) >= 11 is 1.10. The van der Waals surface area contributed by atoms with Gasteiger partial charge in [0.15, 0.2) is 0 Å². The summed E-state index contributed by atoms with van der Waals surface area (Å²) in [5, 5.41) is 12.2. The normalized spacial score (nSPS) is 11.4. The molecule has 0 aliphatic rings. The minimum Gasteiger partial charge on any atom is -0.369 e. The van der Waals surface area contributed by atoms with Crippen LogP contribution in [0.15, 0.2) is 34.7 Å². The Labute approximate surface area is 124 Å². The molecule has 21 heavy (non-hydrogen) atoms. The number of aromatic nitrogens is 4. The summed E-state index contributed by atoms with van der Waals surface area (Å²) in [5.74, 6) is 5.65. The zero-order valence-electron chi connectivity index (χ0n) is 11.2. The van der Waals surface area contributed by atoms with E-state index in [4.69, 9.17) is 11.6 Å². The van der Waals surface area contributed by atoms with E-state index in [0.29, 0.717) is 10.9 Å². The molecule has 110 valence electrons. The molecule has 0 saturated carbocycles. The molecule has 0 atom stereocenters. The molecule has 0 radical (unpaired) electrons. The first-order chi connectivity index (χ1) is 10.1. The number of hydrogen-bond donors (Lipinski definition) is 3. The van der Waals surface area contributed by atoms with Gasteiger partial charge in [-0.3, -0.25) is 9.78 Å². The third-order valence-electron chi connectivity index (χ3n) is 2.37. The molecular formula is C11H14N8OS. The fourth-order valence-electron chi connectivity index (χ4n) is 1.36. The van der Waals surface area contributed by atoms with Crippen molar-refractivity contribution >= 4 is 29.3 Å². The lowest BCUT2D eigenvalue weighted by Gasteiger charge is -2.03. The second kappa shape index (κ2) is 6.70. The molecule has 0 unspecified atom stereocenters. The monoisotopic (exact) mass is 306 g/mol. The van der Waals surface area contributed by atoms with Crippen LogP contribution in [0.5, 0.6) is 0 Å². The van der Waals surface area contributed by atoms with Crippen LogP contribution in [0.1, 0.15) is 12.6 Å². The van der Waals surface area contributed by atoms with Gasteiger partial charge in [-0.1, -0.05) is 17.8 Å². The summed E-state index contributed by atoms with van der Waals surface area (Å²) in [6, 6.07) is 5.52. The van der Waals surface area contributed by atoms with Gasteiger partial charge in [0.2, 0.25) is 11.1 Å². The first-order valence-electron chi connectivity index (χ1n) is 5.91. The highest BCUT2D eigenvalue weighted by atomic mass is 32.2. The Morgan fingerprint density at radius 2 is 2.29 bits per heavy atom. The largest absolute Gasteiger partial charge is 0.369 e. The Morgan fingerprint density at radius 3 is 2.95 bits per heavy atom. The minimum atomic E-state index is -0.457. The molecule has 2 aromatic heterocycles. The number of thioether (sulfide) groups is 1. The molecule has 2 heterocycles. The van der Waals surface area contributed by atoms with E-state index in [1.807, 2.05) is 18.2 Å². The number of anilines is 1. The third kappa shape index (κ3) is 3.92. The van der Waals surface area contributed by atoms with E-state index in [2.05, 4.69) is 25.7 Å². The lowest BCUT2D eigenvalue weighted by Crippen LogP contribution is -2.16. The van der Waals surface area contributed by atoms with E-state index in [0.717, 1.165) is 17.5 Å². The minimum absolute atomic E-state index is 0.0750. The molecule has 0 aliphatic carbocycles. The lowest BCUT2D eigenvalue weighted by atomic mass is 10.3. The van der Waals surface area contributed by atoms with E-state index >= 15 is 0 Å². The molecule has 2 aromatic rings. The molecule has 5 N–H and O–H groups in total. The Morgan fingerprint density at radius 1 is 1.48 bits per heavy atom. The van der Waals surface area contributed by atoms with Crippen LogP contribution in [0.25, 0.3) is 0 Å². The van der Waals surface area contributed by atoms with Crippen LogP contribution < -0.4 is 17.0 Å². The molecule has 0 aliphatic heterocycles. The van der Waals surface area contributed by atoms with Crippen molar-refractivity contribution in [2.24, 2.45) is 10.8 Å². The highest BCUT2D eigenvalue weighted by Gasteiger charge is 2.10. The maximum Gasteiger partial charge on any atom is 0.264 e. The Bertz CT molecular complexity index is 653.